The van der Waals surface area contributed by atoms with Crippen LogP contribution in [0.25, 0.3) is 0 Å². The molecule has 0 saturated carbocycles. The molecule has 0 spiro atoms. The van der Waals surface area contributed by atoms with Crippen LogP contribution in [0, 0.1) is 0 Å². The molecule has 0 unspecified atom stereocenters. The largest absolute Gasteiger partial charge is 0.497 e. The second-order valence-electron chi connectivity index (χ2n) is 3.03. The van der Waals surface area contributed by atoms with Crippen LogP contribution in [0.15, 0.2) is 18.2 Å². The lowest BCUT2D eigenvalue weighted by atomic mass is 10.2. The number of ether oxygens (including phenoxy) is 2. The zero-order valence-corrected chi connectivity index (χ0v) is 9.10. The zero-order chi connectivity index (χ0) is 12.8. The van der Waals surface area contributed by atoms with Gasteiger partial charge in [0.05, 0.1) is 12.8 Å². The molecule has 1 aromatic carbocycles. The fraction of sp³-hybridized carbons (Fsp3) is 0.200. The molecule has 1 rings (SSSR count). The van der Waals surface area contributed by atoms with Gasteiger partial charge in [-0.2, -0.15) is 0 Å². The van der Waals surface area contributed by atoms with Crippen LogP contribution in [0.3, 0.4) is 0 Å². The number of anilines is 1. The molecule has 0 aliphatic rings. The molecule has 0 aromatic heterocycles. The fourth-order valence-electron chi connectivity index (χ4n) is 1.12. The maximum atomic E-state index is 10.7. The van der Waals surface area contributed by atoms with E-state index in [-0.39, 0.29) is 11.4 Å². The van der Waals surface area contributed by atoms with Crippen molar-refractivity contribution >= 4 is 17.7 Å². The quantitative estimate of drug-likeness (QED) is 0.699. The number of hydrogen-bond acceptors (Lipinski definition) is 4. The van der Waals surface area contributed by atoms with E-state index in [4.69, 9.17) is 20.3 Å². The standard InChI is InChI=1S/C10H12N2O5/c1-16-6-2-3-7(12-10(11)15)8(4-6)17-5-9(13)14/h2-4H,5H2,1H3,(H,13,14)(H3,11,12,15). The Morgan fingerprint density at radius 2 is 2.18 bits per heavy atom. The molecule has 0 saturated heterocycles. The first-order chi connectivity index (χ1) is 8.02. The lowest BCUT2D eigenvalue weighted by Gasteiger charge is -2.11. The maximum Gasteiger partial charge on any atom is 0.341 e. The molecule has 7 nitrogen and oxygen atoms in total. The summed E-state index contributed by atoms with van der Waals surface area (Å²) in [7, 11) is 1.46. The van der Waals surface area contributed by atoms with Gasteiger partial charge in [-0.15, -0.1) is 0 Å². The Hall–Kier alpha value is -2.44. The van der Waals surface area contributed by atoms with E-state index in [1.807, 2.05) is 0 Å². The van der Waals surface area contributed by atoms with Crippen molar-refractivity contribution in [2.45, 2.75) is 0 Å². The van der Waals surface area contributed by atoms with Crippen molar-refractivity contribution in [3.63, 3.8) is 0 Å². The highest BCUT2D eigenvalue weighted by Gasteiger charge is 2.09. The number of primary amides is 1. The first-order valence-electron chi connectivity index (χ1n) is 4.62. The van der Waals surface area contributed by atoms with Gasteiger partial charge < -0.3 is 25.6 Å². The molecule has 2 amide bonds. The van der Waals surface area contributed by atoms with Crippen molar-refractivity contribution in [2.75, 3.05) is 19.0 Å². The third kappa shape index (κ3) is 3.90. The summed E-state index contributed by atoms with van der Waals surface area (Å²) in [4.78, 5) is 21.1. The summed E-state index contributed by atoms with van der Waals surface area (Å²) in [5.74, 6) is -0.483. The number of benzene rings is 1. The first-order valence-corrected chi connectivity index (χ1v) is 4.62. The topological polar surface area (TPSA) is 111 Å². The minimum atomic E-state index is -1.13. The average molecular weight is 240 g/mol. The summed E-state index contributed by atoms with van der Waals surface area (Å²) >= 11 is 0. The van der Waals surface area contributed by atoms with Crippen molar-refractivity contribution in [3.05, 3.63) is 18.2 Å². The third-order valence-electron chi connectivity index (χ3n) is 1.80. The lowest BCUT2D eigenvalue weighted by molar-refractivity contribution is -0.139. The average Bonchev–Trinajstić information content (AvgIpc) is 2.27. The molecule has 0 aliphatic heterocycles. The number of amides is 2. The molecule has 4 N–H and O–H groups in total. The van der Waals surface area contributed by atoms with Crippen LogP contribution in [0.2, 0.25) is 0 Å². The van der Waals surface area contributed by atoms with E-state index in [1.54, 1.807) is 6.07 Å². The van der Waals surface area contributed by atoms with Gasteiger partial charge in [0, 0.05) is 6.07 Å². The summed E-state index contributed by atoms with van der Waals surface area (Å²) in [5, 5.41) is 10.8. The molecule has 0 aliphatic carbocycles. The number of urea groups is 1. The third-order valence-corrected chi connectivity index (χ3v) is 1.80. The van der Waals surface area contributed by atoms with Crippen LogP contribution < -0.4 is 20.5 Å². The Balaban J connectivity index is 2.93. The molecule has 7 heteroatoms. The van der Waals surface area contributed by atoms with Gasteiger partial charge >= 0.3 is 12.0 Å². The van der Waals surface area contributed by atoms with Crippen LogP contribution in [0.1, 0.15) is 0 Å². The lowest BCUT2D eigenvalue weighted by Crippen LogP contribution is -2.20. The minimum Gasteiger partial charge on any atom is -0.497 e. The normalized spacial score (nSPS) is 9.47. The number of carbonyl (C=O) groups is 2. The van der Waals surface area contributed by atoms with Gasteiger partial charge in [0.2, 0.25) is 0 Å². The monoisotopic (exact) mass is 240 g/mol. The molecule has 1 aromatic rings. The predicted molar refractivity (Wildman–Crippen MR) is 59.3 cm³/mol. The van der Waals surface area contributed by atoms with Crippen LogP contribution in [0.5, 0.6) is 11.5 Å². The summed E-state index contributed by atoms with van der Waals surface area (Å²) in [6.07, 6.45) is 0. The van der Waals surface area contributed by atoms with Crippen LogP contribution in [-0.2, 0) is 4.79 Å². The van der Waals surface area contributed by atoms with E-state index in [0.717, 1.165) is 0 Å². The van der Waals surface area contributed by atoms with Gasteiger partial charge in [-0.25, -0.2) is 9.59 Å². The Morgan fingerprint density at radius 3 is 2.71 bits per heavy atom. The van der Waals surface area contributed by atoms with Gasteiger partial charge in [0.25, 0.3) is 0 Å². The van der Waals surface area contributed by atoms with E-state index in [2.05, 4.69) is 5.32 Å². The summed E-state index contributed by atoms with van der Waals surface area (Å²) in [6.45, 7) is -0.527. The van der Waals surface area contributed by atoms with Crippen LogP contribution in [0.4, 0.5) is 10.5 Å². The van der Waals surface area contributed by atoms with E-state index in [9.17, 15) is 9.59 Å². The number of nitrogens with two attached hydrogens (primary N) is 1. The smallest absolute Gasteiger partial charge is 0.341 e. The number of aliphatic carboxylic acids is 1. The molecule has 0 bridgehead atoms. The zero-order valence-electron chi connectivity index (χ0n) is 9.10. The summed E-state index contributed by atoms with van der Waals surface area (Å²) in [5.41, 5.74) is 5.24. The number of nitrogens with one attached hydrogen (secondary N) is 1. The number of methoxy groups -OCH3 is 1. The number of hydrogen-bond donors (Lipinski definition) is 3. The number of carboxylic acid groups (broad SMARTS) is 1. The maximum absolute atomic E-state index is 10.7. The SMILES string of the molecule is COc1ccc(NC(N)=O)c(OCC(=O)O)c1. The Morgan fingerprint density at radius 1 is 1.47 bits per heavy atom. The minimum absolute atomic E-state index is 0.172. The summed E-state index contributed by atoms with van der Waals surface area (Å²) in [6, 6.07) is 3.77. The van der Waals surface area contributed by atoms with Crippen LogP contribution >= 0.6 is 0 Å². The van der Waals surface area contributed by atoms with Gasteiger partial charge in [-0.3, -0.25) is 0 Å². The Labute approximate surface area is 97.1 Å². The van der Waals surface area contributed by atoms with Gasteiger partial charge in [-0.1, -0.05) is 0 Å². The van der Waals surface area contributed by atoms with Crippen LogP contribution in [-0.4, -0.2) is 30.8 Å². The van der Waals surface area contributed by atoms with E-state index in [0.29, 0.717) is 5.75 Å². The van der Waals surface area contributed by atoms with Crippen molar-refractivity contribution in [1.29, 1.82) is 0 Å². The van der Waals surface area contributed by atoms with Crippen molar-refractivity contribution in [1.82, 2.24) is 0 Å². The van der Waals surface area contributed by atoms with Gasteiger partial charge in [0.1, 0.15) is 11.5 Å². The second-order valence-corrected chi connectivity index (χ2v) is 3.03. The molecular weight excluding hydrogens is 228 g/mol. The molecule has 0 fully saturated rings. The highest BCUT2D eigenvalue weighted by molar-refractivity contribution is 5.89. The number of carbonyl (C=O) groups excluding carboxylic acids is 1. The van der Waals surface area contributed by atoms with Crippen molar-refractivity contribution in [3.8, 4) is 11.5 Å². The molecule has 0 atom stereocenters. The van der Waals surface area contributed by atoms with E-state index in [1.165, 1.54) is 19.2 Å². The van der Waals surface area contributed by atoms with Crippen molar-refractivity contribution < 1.29 is 24.2 Å². The van der Waals surface area contributed by atoms with E-state index >= 15 is 0 Å². The van der Waals surface area contributed by atoms with E-state index < -0.39 is 18.6 Å². The Kier molecular flexibility index (Phi) is 4.15. The first kappa shape index (κ1) is 12.6. The predicted octanol–water partition coefficient (Wildman–Crippen LogP) is 0.649. The van der Waals surface area contributed by atoms with Gasteiger partial charge in [-0.05, 0) is 12.1 Å². The number of carboxylic acids is 1. The molecular formula is C10H12N2O5. The molecule has 17 heavy (non-hydrogen) atoms. The highest BCUT2D eigenvalue weighted by Crippen LogP contribution is 2.29. The Bertz CT molecular complexity index is 433. The second kappa shape index (κ2) is 5.59. The molecule has 0 radical (unpaired) electrons. The number of rotatable bonds is 5. The highest BCUT2D eigenvalue weighted by atomic mass is 16.5. The van der Waals surface area contributed by atoms with Gasteiger partial charge in [0.15, 0.2) is 6.61 Å². The van der Waals surface area contributed by atoms with Crippen molar-refractivity contribution in [2.24, 2.45) is 5.73 Å². The molecule has 92 valence electrons. The fourth-order valence-corrected chi connectivity index (χ4v) is 1.12. The molecule has 0 heterocycles. The summed E-state index contributed by atoms with van der Waals surface area (Å²) < 4.78 is 9.94.